The Balaban J connectivity index is 1.45. The molecule has 2 bridgehead atoms. The van der Waals surface area contributed by atoms with Crippen molar-refractivity contribution >= 4 is 17.7 Å². The van der Waals surface area contributed by atoms with Crippen molar-refractivity contribution in [1.29, 1.82) is 0 Å². The Morgan fingerprint density at radius 3 is 2.83 bits per heavy atom. The number of amides is 1. The SMILES string of the molecule is O=C(CSc1ncccn1)N[C@@H]1C[C@H]2CC[C@H]1C2. The van der Waals surface area contributed by atoms with Crippen molar-refractivity contribution in [2.24, 2.45) is 11.8 Å². The third kappa shape index (κ3) is 2.66. The summed E-state index contributed by atoms with van der Waals surface area (Å²) < 4.78 is 0. The molecule has 1 heterocycles. The fourth-order valence-corrected chi connectivity index (χ4v) is 3.77. The number of carbonyl (C=O) groups excluding carboxylic acids is 1. The Morgan fingerprint density at radius 1 is 1.33 bits per heavy atom. The van der Waals surface area contributed by atoms with E-state index in [0.29, 0.717) is 17.0 Å². The number of hydrogen-bond donors (Lipinski definition) is 1. The Hall–Kier alpha value is -1.10. The molecule has 2 aliphatic carbocycles. The molecule has 96 valence electrons. The van der Waals surface area contributed by atoms with E-state index in [1.165, 1.54) is 37.4 Å². The average Bonchev–Trinajstić information content (AvgIpc) is 3.00. The highest BCUT2D eigenvalue weighted by Gasteiger charge is 2.39. The molecule has 2 aliphatic rings. The summed E-state index contributed by atoms with van der Waals surface area (Å²) in [7, 11) is 0. The van der Waals surface area contributed by atoms with E-state index in [4.69, 9.17) is 0 Å². The van der Waals surface area contributed by atoms with E-state index in [9.17, 15) is 4.79 Å². The Labute approximate surface area is 111 Å². The predicted octanol–water partition coefficient (Wildman–Crippen LogP) is 1.87. The molecule has 18 heavy (non-hydrogen) atoms. The molecule has 0 saturated heterocycles. The minimum absolute atomic E-state index is 0.116. The summed E-state index contributed by atoms with van der Waals surface area (Å²) in [5.74, 6) is 2.13. The second-order valence-electron chi connectivity index (χ2n) is 5.17. The second kappa shape index (κ2) is 5.26. The maximum atomic E-state index is 11.9. The number of rotatable bonds is 4. The number of thioether (sulfide) groups is 1. The molecule has 0 aliphatic heterocycles. The molecule has 0 aromatic carbocycles. The normalized spacial score (nSPS) is 29.4. The van der Waals surface area contributed by atoms with Crippen LogP contribution in [0.3, 0.4) is 0 Å². The first-order valence-corrected chi connectivity index (χ1v) is 7.49. The lowest BCUT2D eigenvalue weighted by Gasteiger charge is -2.22. The summed E-state index contributed by atoms with van der Waals surface area (Å²) in [6.07, 6.45) is 8.56. The smallest absolute Gasteiger partial charge is 0.230 e. The van der Waals surface area contributed by atoms with E-state index in [1.54, 1.807) is 18.5 Å². The standard InChI is InChI=1S/C13H17N3OS/c17-12(8-18-13-14-4-1-5-15-13)16-11-7-9-2-3-10(11)6-9/h1,4-5,9-11H,2-3,6-8H2,(H,16,17)/t9-,10-,11+/m0/s1. The first kappa shape index (κ1) is 12.0. The monoisotopic (exact) mass is 263 g/mol. The van der Waals surface area contributed by atoms with Crippen molar-refractivity contribution < 1.29 is 4.79 Å². The molecular formula is C13H17N3OS. The van der Waals surface area contributed by atoms with Gasteiger partial charge in [-0.05, 0) is 37.2 Å². The van der Waals surface area contributed by atoms with Crippen LogP contribution < -0.4 is 5.32 Å². The number of aromatic nitrogens is 2. The van der Waals surface area contributed by atoms with Gasteiger partial charge in [-0.1, -0.05) is 18.2 Å². The van der Waals surface area contributed by atoms with Crippen LogP contribution in [0.25, 0.3) is 0 Å². The summed E-state index contributed by atoms with van der Waals surface area (Å²) in [5, 5.41) is 3.83. The van der Waals surface area contributed by atoms with Gasteiger partial charge in [-0.2, -0.15) is 0 Å². The van der Waals surface area contributed by atoms with Crippen molar-refractivity contribution in [1.82, 2.24) is 15.3 Å². The predicted molar refractivity (Wildman–Crippen MR) is 70.1 cm³/mol. The maximum absolute atomic E-state index is 11.9. The van der Waals surface area contributed by atoms with E-state index in [1.807, 2.05) is 0 Å². The van der Waals surface area contributed by atoms with E-state index >= 15 is 0 Å². The van der Waals surface area contributed by atoms with Crippen molar-refractivity contribution in [2.45, 2.75) is 36.9 Å². The lowest BCUT2D eigenvalue weighted by Crippen LogP contribution is -2.39. The molecule has 2 saturated carbocycles. The lowest BCUT2D eigenvalue weighted by molar-refractivity contribution is -0.119. The van der Waals surface area contributed by atoms with Crippen LogP contribution in [0, 0.1) is 11.8 Å². The quantitative estimate of drug-likeness (QED) is 0.665. The minimum Gasteiger partial charge on any atom is -0.352 e. The van der Waals surface area contributed by atoms with E-state index in [-0.39, 0.29) is 5.91 Å². The summed E-state index contributed by atoms with van der Waals surface area (Å²) >= 11 is 1.40. The molecule has 0 unspecified atom stereocenters. The molecule has 0 radical (unpaired) electrons. The van der Waals surface area contributed by atoms with Gasteiger partial charge in [0.1, 0.15) is 0 Å². The van der Waals surface area contributed by atoms with Gasteiger partial charge in [0.25, 0.3) is 0 Å². The van der Waals surface area contributed by atoms with Gasteiger partial charge in [0, 0.05) is 18.4 Å². The third-order valence-electron chi connectivity index (χ3n) is 3.96. The first-order valence-electron chi connectivity index (χ1n) is 6.50. The molecule has 1 aromatic rings. The van der Waals surface area contributed by atoms with Crippen LogP contribution >= 0.6 is 11.8 Å². The maximum Gasteiger partial charge on any atom is 0.230 e. The number of carbonyl (C=O) groups is 1. The van der Waals surface area contributed by atoms with Crippen molar-refractivity contribution in [3.05, 3.63) is 18.5 Å². The van der Waals surface area contributed by atoms with Gasteiger partial charge in [-0.3, -0.25) is 4.79 Å². The Kier molecular flexibility index (Phi) is 3.50. The lowest BCUT2D eigenvalue weighted by atomic mass is 9.95. The first-order chi connectivity index (χ1) is 8.81. The van der Waals surface area contributed by atoms with Gasteiger partial charge >= 0.3 is 0 Å². The third-order valence-corrected chi connectivity index (χ3v) is 4.83. The van der Waals surface area contributed by atoms with Gasteiger partial charge in [0.2, 0.25) is 5.91 Å². The zero-order valence-electron chi connectivity index (χ0n) is 10.2. The highest BCUT2D eigenvalue weighted by atomic mass is 32.2. The summed E-state index contributed by atoms with van der Waals surface area (Å²) in [5.41, 5.74) is 0. The van der Waals surface area contributed by atoms with Gasteiger partial charge in [-0.15, -0.1) is 0 Å². The zero-order chi connectivity index (χ0) is 12.4. The van der Waals surface area contributed by atoms with Gasteiger partial charge in [0.15, 0.2) is 5.16 Å². The molecule has 2 fully saturated rings. The Morgan fingerprint density at radius 2 is 2.17 bits per heavy atom. The minimum atomic E-state index is 0.116. The van der Waals surface area contributed by atoms with Crippen LogP contribution in [0.4, 0.5) is 0 Å². The molecule has 3 atom stereocenters. The largest absolute Gasteiger partial charge is 0.352 e. The summed E-state index contributed by atoms with van der Waals surface area (Å²) in [6.45, 7) is 0. The van der Waals surface area contributed by atoms with E-state index in [2.05, 4.69) is 15.3 Å². The second-order valence-corrected chi connectivity index (χ2v) is 6.11. The number of fused-ring (bicyclic) bond motifs is 2. The van der Waals surface area contributed by atoms with Crippen LogP contribution in [0.1, 0.15) is 25.7 Å². The van der Waals surface area contributed by atoms with Gasteiger partial charge in [0.05, 0.1) is 5.75 Å². The Bertz CT molecular complexity index is 426. The number of nitrogens with one attached hydrogen (secondary N) is 1. The van der Waals surface area contributed by atoms with Crippen LogP contribution in [-0.2, 0) is 4.79 Å². The van der Waals surface area contributed by atoms with Crippen molar-refractivity contribution in [2.75, 3.05) is 5.75 Å². The molecule has 1 amide bonds. The van der Waals surface area contributed by atoms with Crippen molar-refractivity contribution in [3.63, 3.8) is 0 Å². The molecular weight excluding hydrogens is 246 g/mol. The fourth-order valence-electron chi connectivity index (χ4n) is 3.16. The molecule has 1 N–H and O–H groups in total. The van der Waals surface area contributed by atoms with Gasteiger partial charge in [-0.25, -0.2) is 9.97 Å². The number of nitrogens with zero attached hydrogens (tertiary/aromatic N) is 2. The van der Waals surface area contributed by atoms with Gasteiger partial charge < -0.3 is 5.32 Å². The molecule has 3 rings (SSSR count). The van der Waals surface area contributed by atoms with Crippen LogP contribution in [0.15, 0.2) is 23.6 Å². The van der Waals surface area contributed by atoms with E-state index < -0.39 is 0 Å². The van der Waals surface area contributed by atoms with Crippen molar-refractivity contribution in [3.8, 4) is 0 Å². The number of hydrogen-bond acceptors (Lipinski definition) is 4. The van der Waals surface area contributed by atoms with Crippen LogP contribution in [0.5, 0.6) is 0 Å². The topological polar surface area (TPSA) is 54.9 Å². The molecule has 1 aromatic heterocycles. The highest BCUT2D eigenvalue weighted by molar-refractivity contribution is 7.99. The van der Waals surface area contributed by atoms with Crippen LogP contribution in [0.2, 0.25) is 0 Å². The molecule has 5 heteroatoms. The van der Waals surface area contributed by atoms with Crippen LogP contribution in [-0.4, -0.2) is 27.7 Å². The summed E-state index contributed by atoms with van der Waals surface area (Å²) in [6, 6.07) is 2.20. The average molecular weight is 263 g/mol. The zero-order valence-corrected chi connectivity index (χ0v) is 11.0. The van der Waals surface area contributed by atoms with E-state index in [0.717, 1.165) is 11.8 Å². The fraction of sp³-hybridized carbons (Fsp3) is 0.615. The summed E-state index contributed by atoms with van der Waals surface area (Å²) in [4.78, 5) is 20.0. The molecule has 0 spiro atoms. The highest BCUT2D eigenvalue weighted by Crippen LogP contribution is 2.44. The molecule has 4 nitrogen and oxygen atoms in total.